The molecule has 0 bridgehead atoms. The van der Waals surface area contributed by atoms with Gasteiger partial charge in [0.05, 0.1) is 6.61 Å². The number of rotatable bonds is 6. The van der Waals surface area contributed by atoms with E-state index in [2.05, 4.69) is 0 Å². The van der Waals surface area contributed by atoms with Gasteiger partial charge in [0.1, 0.15) is 6.54 Å². The number of nitrogens with zero attached hydrogens (tertiary/aromatic N) is 1. The Bertz CT molecular complexity index is 257. The minimum Gasteiger partial charge on any atom is -0.395 e. The molecule has 0 rings (SSSR count). The van der Waals surface area contributed by atoms with Gasteiger partial charge in [-0.25, -0.2) is 0 Å². The second-order valence-electron chi connectivity index (χ2n) is 5.11. The van der Waals surface area contributed by atoms with E-state index < -0.39 is 31.2 Å². The van der Waals surface area contributed by atoms with E-state index in [0.29, 0.717) is 4.90 Å². The van der Waals surface area contributed by atoms with E-state index >= 15 is 0 Å². The van der Waals surface area contributed by atoms with Crippen LogP contribution < -0.4 is 0 Å². The maximum Gasteiger partial charge on any atom is 0.406 e. The molecule has 0 radical (unpaired) electrons. The van der Waals surface area contributed by atoms with Gasteiger partial charge >= 0.3 is 6.18 Å². The molecule has 108 valence electrons. The van der Waals surface area contributed by atoms with Crippen LogP contribution in [0.1, 0.15) is 27.7 Å². The van der Waals surface area contributed by atoms with Gasteiger partial charge in [-0.1, -0.05) is 27.7 Å². The number of aliphatic hydroxyl groups excluding tert-OH is 1. The lowest BCUT2D eigenvalue weighted by Gasteiger charge is -2.31. The summed E-state index contributed by atoms with van der Waals surface area (Å²) in [5.74, 6) is -1.07. The number of hydrogen-bond donors (Lipinski definition) is 1. The van der Waals surface area contributed by atoms with Crippen molar-refractivity contribution >= 4 is 5.91 Å². The summed E-state index contributed by atoms with van der Waals surface area (Å²) in [4.78, 5) is 12.8. The molecule has 0 aromatic carbocycles. The Balaban J connectivity index is 4.93. The van der Waals surface area contributed by atoms with E-state index in [-0.39, 0.29) is 18.4 Å². The molecule has 0 aromatic rings. The van der Waals surface area contributed by atoms with Crippen molar-refractivity contribution in [1.82, 2.24) is 4.90 Å². The average Bonchev–Trinajstić information content (AvgIpc) is 2.13. The van der Waals surface area contributed by atoms with Gasteiger partial charge in [-0.05, 0) is 11.8 Å². The minimum atomic E-state index is -4.44. The van der Waals surface area contributed by atoms with Crippen LogP contribution in [-0.2, 0) is 4.79 Å². The molecule has 0 aromatic heterocycles. The zero-order chi connectivity index (χ0) is 14.5. The third-order valence-corrected chi connectivity index (χ3v) is 2.77. The van der Waals surface area contributed by atoms with Crippen molar-refractivity contribution in [2.75, 3.05) is 19.7 Å². The number of halogens is 3. The topological polar surface area (TPSA) is 40.5 Å². The molecule has 0 unspecified atom stereocenters. The highest BCUT2D eigenvalue weighted by atomic mass is 19.4. The standard InChI is InChI=1S/C12H22F3NO2/c1-8(2)10(9(3)4)11(18)16(5-6-17)7-12(13,14)15/h8-10,17H,5-7H2,1-4H3. The van der Waals surface area contributed by atoms with E-state index in [1.54, 1.807) is 0 Å². The van der Waals surface area contributed by atoms with Crippen LogP contribution in [0.2, 0.25) is 0 Å². The summed E-state index contributed by atoms with van der Waals surface area (Å²) >= 11 is 0. The van der Waals surface area contributed by atoms with Crippen molar-refractivity contribution in [3.05, 3.63) is 0 Å². The molecule has 6 heteroatoms. The van der Waals surface area contributed by atoms with Gasteiger partial charge in [0.15, 0.2) is 0 Å². The molecule has 0 saturated heterocycles. The monoisotopic (exact) mass is 269 g/mol. The molecular weight excluding hydrogens is 247 g/mol. The van der Waals surface area contributed by atoms with Crippen LogP contribution in [0.15, 0.2) is 0 Å². The first-order valence-electron chi connectivity index (χ1n) is 6.06. The molecule has 1 amide bonds. The van der Waals surface area contributed by atoms with Crippen molar-refractivity contribution in [1.29, 1.82) is 0 Å². The van der Waals surface area contributed by atoms with Crippen molar-refractivity contribution in [2.24, 2.45) is 17.8 Å². The van der Waals surface area contributed by atoms with Crippen molar-refractivity contribution in [3.63, 3.8) is 0 Å². The maximum absolute atomic E-state index is 12.4. The Morgan fingerprint density at radius 3 is 1.89 bits per heavy atom. The van der Waals surface area contributed by atoms with E-state index in [1.165, 1.54) is 0 Å². The van der Waals surface area contributed by atoms with Crippen LogP contribution in [0.3, 0.4) is 0 Å². The molecule has 0 atom stereocenters. The van der Waals surface area contributed by atoms with Crippen molar-refractivity contribution in [3.8, 4) is 0 Å². The third kappa shape index (κ3) is 5.71. The Morgan fingerprint density at radius 1 is 1.17 bits per heavy atom. The molecular formula is C12H22F3NO2. The lowest BCUT2D eigenvalue weighted by Crippen LogP contribution is -2.46. The van der Waals surface area contributed by atoms with Gasteiger partial charge in [-0.3, -0.25) is 4.79 Å². The van der Waals surface area contributed by atoms with E-state index in [0.717, 1.165) is 0 Å². The Hall–Kier alpha value is -0.780. The third-order valence-electron chi connectivity index (χ3n) is 2.77. The number of amides is 1. The second kappa shape index (κ2) is 6.97. The van der Waals surface area contributed by atoms with Crippen LogP contribution in [0.25, 0.3) is 0 Å². The first kappa shape index (κ1) is 17.2. The Labute approximate surface area is 106 Å². The molecule has 0 aliphatic heterocycles. The fraction of sp³-hybridized carbons (Fsp3) is 0.917. The average molecular weight is 269 g/mol. The second-order valence-corrected chi connectivity index (χ2v) is 5.11. The summed E-state index contributed by atoms with van der Waals surface area (Å²) in [5.41, 5.74) is 0. The molecule has 0 saturated carbocycles. The summed E-state index contributed by atoms with van der Waals surface area (Å²) in [6.07, 6.45) is -4.44. The normalized spacial score (nSPS) is 12.6. The molecule has 3 nitrogen and oxygen atoms in total. The highest BCUT2D eigenvalue weighted by molar-refractivity contribution is 5.79. The van der Waals surface area contributed by atoms with Gasteiger partial charge in [0.2, 0.25) is 5.91 Å². The Kier molecular flexibility index (Phi) is 6.67. The van der Waals surface area contributed by atoms with Crippen LogP contribution in [0.5, 0.6) is 0 Å². The molecule has 1 N–H and O–H groups in total. The predicted molar refractivity (Wildman–Crippen MR) is 62.9 cm³/mol. The predicted octanol–water partition coefficient (Wildman–Crippen LogP) is 2.30. The van der Waals surface area contributed by atoms with Crippen LogP contribution in [-0.4, -0.2) is 41.8 Å². The van der Waals surface area contributed by atoms with Crippen LogP contribution in [0, 0.1) is 17.8 Å². The number of aliphatic hydroxyl groups is 1. The lowest BCUT2D eigenvalue weighted by atomic mass is 9.84. The van der Waals surface area contributed by atoms with Crippen molar-refractivity contribution in [2.45, 2.75) is 33.9 Å². The van der Waals surface area contributed by atoms with Gasteiger partial charge in [-0.2, -0.15) is 13.2 Å². The fourth-order valence-corrected chi connectivity index (χ4v) is 2.16. The molecule has 0 heterocycles. The van der Waals surface area contributed by atoms with E-state index in [9.17, 15) is 18.0 Å². The summed E-state index contributed by atoms with van der Waals surface area (Å²) in [6.45, 7) is 5.20. The lowest BCUT2D eigenvalue weighted by molar-refractivity contribution is -0.166. The summed E-state index contributed by atoms with van der Waals surface area (Å²) in [7, 11) is 0. The highest BCUT2D eigenvalue weighted by Crippen LogP contribution is 2.25. The van der Waals surface area contributed by atoms with Crippen LogP contribution >= 0.6 is 0 Å². The van der Waals surface area contributed by atoms with E-state index in [4.69, 9.17) is 5.11 Å². The minimum absolute atomic E-state index is 0.0353. The smallest absolute Gasteiger partial charge is 0.395 e. The first-order chi connectivity index (χ1) is 8.10. The molecule has 0 fully saturated rings. The van der Waals surface area contributed by atoms with Gasteiger partial charge in [0, 0.05) is 12.5 Å². The molecule has 0 aliphatic carbocycles. The largest absolute Gasteiger partial charge is 0.406 e. The maximum atomic E-state index is 12.4. The van der Waals surface area contributed by atoms with Gasteiger partial charge < -0.3 is 10.0 Å². The number of carbonyl (C=O) groups excluding carboxylic acids is 1. The van der Waals surface area contributed by atoms with Crippen LogP contribution in [0.4, 0.5) is 13.2 Å². The SMILES string of the molecule is CC(C)C(C(=O)N(CCO)CC(F)(F)F)C(C)C. The highest BCUT2D eigenvalue weighted by Gasteiger charge is 2.36. The summed E-state index contributed by atoms with van der Waals surface area (Å²) in [5, 5.41) is 8.78. The van der Waals surface area contributed by atoms with Gasteiger partial charge in [-0.15, -0.1) is 0 Å². The molecule has 0 aliphatic rings. The number of alkyl halides is 3. The summed E-state index contributed by atoms with van der Waals surface area (Å²) < 4.78 is 37.1. The van der Waals surface area contributed by atoms with Crippen molar-refractivity contribution < 1.29 is 23.1 Å². The van der Waals surface area contributed by atoms with E-state index in [1.807, 2.05) is 27.7 Å². The molecule has 0 spiro atoms. The summed E-state index contributed by atoms with van der Waals surface area (Å²) in [6, 6.07) is 0. The zero-order valence-electron chi connectivity index (χ0n) is 11.3. The quantitative estimate of drug-likeness (QED) is 0.803. The zero-order valence-corrected chi connectivity index (χ0v) is 11.3. The van der Waals surface area contributed by atoms with Gasteiger partial charge in [0.25, 0.3) is 0 Å². The number of hydrogen-bond acceptors (Lipinski definition) is 2. The molecule has 18 heavy (non-hydrogen) atoms. The first-order valence-corrected chi connectivity index (χ1v) is 6.06. The fourth-order valence-electron chi connectivity index (χ4n) is 2.16. The Morgan fingerprint density at radius 2 is 1.61 bits per heavy atom. The number of carbonyl (C=O) groups is 1.